The maximum atomic E-state index is 12.3. The van der Waals surface area contributed by atoms with Gasteiger partial charge < -0.3 is 14.4 Å². The predicted molar refractivity (Wildman–Crippen MR) is 76.8 cm³/mol. The number of Topliss-reactive ketones (excluding diaryl/α,β-unsaturated/α-hetero) is 1. The molecule has 0 aromatic rings. The van der Waals surface area contributed by atoms with Crippen LogP contribution in [-0.4, -0.2) is 48.0 Å². The van der Waals surface area contributed by atoms with Gasteiger partial charge in [0.15, 0.2) is 0 Å². The Hall–Kier alpha value is -1.59. The second kappa shape index (κ2) is 6.91. The lowest BCUT2D eigenvalue weighted by molar-refractivity contribution is -0.154. The van der Waals surface area contributed by atoms with E-state index in [9.17, 15) is 14.4 Å². The fraction of sp³-hybridized carbons (Fsp3) is 0.800. The molecule has 0 aliphatic carbocycles. The van der Waals surface area contributed by atoms with Crippen molar-refractivity contribution in [3.05, 3.63) is 0 Å². The molecule has 1 aliphatic heterocycles. The van der Waals surface area contributed by atoms with E-state index in [2.05, 4.69) is 4.74 Å². The largest absolute Gasteiger partial charge is 0.463 e. The summed E-state index contributed by atoms with van der Waals surface area (Å²) >= 11 is 0. The Morgan fingerprint density at radius 3 is 2.33 bits per heavy atom. The molecule has 1 aliphatic rings. The van der Waals surface area contributed by atoms with Crippen LogP contribution in [0.3, 0.4) is 0 Å². The van der Waals surface area contributed by atoms with Gasteiger partial charge in [0, 0.05) is 18.5 Å². The summed E-state index contributed by atoms with van der Waals surface area (Å²) < 4.78 is 9.86. The number of piperidine rings is 1. The predicted octanol–water partition coefficient (Wildman–Crippen LogP) is 2.15. The second-order valence-corrected chi connectivity index (χ2v) is 6.38. The molecule has 2 unspecified atom stereocenters. The lowest BCUT2D eigenvalue weighted by Gasteiger charge is -2.39. The number of carbonyl (C=O) groups excluding carboxylic acids is 3. The van der Waals surface area contributed by atoms with Crippen molar-refractivity contribution in [3.8, 4) is 0 Å². The fourth-order valence-corrected chi connectivity index (χ4v) is 2.49. The third-order valence-electron chi connectivity index (χ3n) is 3.55. The minimum atomic E-state index is -0.864. The quantitative estimate of drug-likeness (QED) is 0.590. The van der Waals surface area contributed by atoms with E-state index in [4.69, 9.17) is 4.74 Å². The Kier molecular flexibility index (Phi) is 5.75. The van der Waals surface area contributed by atoms with Gasteiger partial charge in [0.05, 0.1) is 7.11 Å². The van der Waals surface area contributed by atoms with Crippen LogP contribution in [0, 0.1) is 5.92 Å². The van der Waals surface area contributed by atoms with Gasteiger partial charge in [-0.15, -0.1) is 0 Å². The van der Waals surface area contributed by atoms with Gasteiger partial charge in [-0.3, -0.25) is 4.79 Å². The first-order valence-electron chi connectivity index (χ1n) is 7.29. The highest BCUT2D eigenvalue weighted by Crippen LogP contribution is 2.26. The molecule has 0 radical (unpaired) electrons. The van der Waals surface area contributed by atoms with Gasteiger partial charge in [-0.05, 0) is 40.0 Å². The number of rotatable bonds is 3. The Morgan fingerprint density at radius 2 is 1.81 bits per heavy atom. The van der Waals surface area contributed by atoms with E-state index in [1.54, 1.807) is 32.6 Å². The van der Waals surface area contributed by atoms with Gasteiger partial charge in [-0.25, -0.2) is 9.59 Å². The first kappa shape index (κ1) is 17.5. The smallest absolute Gasteiger partial charge is 0.410 e. The van der Waals surface area contributed by atoms with E-state index in [0.29, 0.717) is 13.0 Å². The molecule has 0 aromatic heterocycles. The number of amides is 1. The maximum Gasteiger partial charge on any atom is 0.410 e. The van der Waals surface area contributed by atoms with Gasteiger partial charge in [0.1, 0.15) is 5.60 Å². The van der Waals surface area contributed by atoms with Crippen LogP contribution in [0.1, 0.15) is 47.0 Å². The van der Waals surface area contributed by atoms with Crippen molar-refractivity contribution in [2.24, 2.45) is 5.92 Å². The van der Waals surface area contributed by atoms with E-state index >= 15 is 0 Å². The van der Waals surface area contributed by atoms with Crippen molar-refractivity contribution in [1.29, 1.82) is 0 Å². The van der Waals surface area contributed by atoms with Crippen LogP contribution in [0.5, 0.6) is 0 Å². The first-order valence-corrected chi connectivity index (χ1v) is 7.29. The normalized spacial score (nSPS) is 20.6. The van der Waals surface area contributed by atoms with E-state index in [1.165, 1.54) is 7.11 Å². The number of likely N-dealkylation sites (tertiary alicyclic amines) is 1. The summed E-state index contributed by atoms with van der Waals surface area (Å²) in [4.78, 5) is 37.2. The molecule has 120 valence electrons. The zero-order valence-corrected chi connectivity index (χ0v) is 13.5. The van der Waals surface area contributed by atoms with Gasteiger partial charge in [-0.2, -0.15) is 0 Å². The number of nitrogens with zero attached hydrogens (tertiary/aromatic N) is 1. The molecule has 1 heterocycles. The SMILES string of the molecule is COC(=O)C(=O)C(C)C1CCCCN1C(=O)OC(C)(C)C. The molecule has 1 fully saturated rings. The molecule has 2 atom stereocenters. The number of carbonyl (C=O) groups is 3. The van der Waals surface area contributed by atoms with Crippen molar-refractivity contribution in [1.82, 2.24) is 4.90 Å². The molecule has 21 heavy (non-hydrogen) atoms. The fourth-order valence-electron chi connectivity index (χ4n) is 2.49. The molecule has 0 bridgehead atoms. The average Bonchev–Trinajstić information content (AvgIpc) is 2.43. The summed E-state index contributed by atoms with van der Waals surface area (Å²) in [6.45, 7) is 7.59. The molecule has 1 saturated heterocycles. The van der Waals surface area contributed by atoms with E-state index in [0.717, 1.165) is 12.8 Å². The van der Waals surface area contributed by atoms with Gasteiger partial charge in [-0.1, -0.05) is 6.92 Å². The van der Waals surface area contributed by atoms with Crippen LogP contribution in [0.2, 0.25) is 0 Å². The molecule has 0 N–H and O–H groups in total. The van der Waals surface area contributed by atoms with Crippen molar-refractivity contribution in [3.63, 3.8) is 0 Å². The van der Waals surface area contributed by atoms with E-state index < -0.39 is 29.4 Å². The number of esters is 1. The minimum Gasteiger partial charge on any atom is -0.463 e. The van der Waals surface area contributed by atoms with Gasteiger partial charge >= 0.3 is 12.1 Å². The first-order chi connectivity index (χ1) is 9.67. The van der Waals surface area contributed by atoms with Crippen LogP contribution in [0.4, 0.5) is 4.79 Å². The van der Waals surface area contributed by atoms with Crippen LogP contribution in [0.15, 0.2) is 0 Å². The van der Waals surface area contributed by atoms with Crippen LogP contribution >= 0.6 is 0 Å². The Morgan fingerprint density at radius 1 is 1.19 bits per heavy atom. The Bertz CT molecular complexity index is 413. The van der Waals surface area contributed by atoms with Crippen molar-refractivity contribution in [2.45, 2.75) is 58.6 Å². The van der Waals surface area contributed by atoms with Crippen molar-refractivity contribution in [2.75, 3.05) is 13.7 Å². The molecule has 0 spiro atoms. The van der Waals surface area contributed by atoms with E-state index in [1.807, 2.05) is 0 Å². The number of ether oxygens (including phenoxy) is 2. The molecule has 0 aromatic carbocycles. The Labute approximate surface area is 125 Å². The summed E-state index contributed by atoms with van der Waals surface area (Å²) in [5, 5.41) is 0. The molecule has 1 amide bonds. The molecule has 1 rings (SSSR count). The Balaban J connectivity index is 2.84. The number of ketones is 1. The van der Waals surface area contributed by atoms with Crippen molar-refractivity contribution < 1.29 is 23.9 Å². The standard InChI is InChI=1S/C15H25NO5/c1-10(12(17)13(18)20-5)11-8-6-7-9-16(11)14(19)21-15(2,3)4/h10-11H,6-9H2,1-5H3. The minimum absolute atomic E-state index is 0.319. The zero-order chi connectivity index (χ0) is 16.2. The molecular formula is C15H25NO5. The maximum absolute atomic E-state index is 12.3. The number of methoxy groups -OCH3 is 1. The van der Waals surface area contributed by atoms with Gasteiger partial charge in [0.2, 0.25) is 5.78 Å². The summed E-state index contributed by atoms with van der Waals surface area (Å²) in [6, 6.07) is -0.319. The number of hydrogen-bond acceptors (Lipinski definition) is 5. The summed E-state index contributed by atoms with van der Waals surface area (Å²) in [5.41, 5.74) is -0.589. The summed E-state index contributed by atoms with van der Waals surface area (Å²) in [6.07, 6.45) is 2.04. The average molecular weight is 299 g/mol. The van der Waals surface area contributed by atoms with Crippen LogP contribution in [0.25, 0.3) is 0 Å². The number of hydrogen-bond donors (Lipinski definition) is 0. The molecule has 0 saturated carbocycles. The summed E-state index contributed by atoms with van der Waals surface area (Å²) in [7, 11) is 1.18. The molecular weight excluding hydrogens is 274 g/mol. The van der Waals surface area contributed by atoms with Crippen LogP contribution in [-0.2, 0) is 19.1 Å². The monoisotopic (exact) mass is 299 g/mol. The lowest BCUT2D eigenvalue weighted by Crippen LogP contribution is -2.51. The topological polar surface area (TPSA) is 72.9 Å². The van der Waals surface area contributed by atoms with Gasteiger partial charge in [0.25, 0.3) is 0 Å². The molecule has 6 nitrogen and oxygen atoms in total. The summed E-state index contributed by atoms with van der Waals surface area (Å²) in [5.74, 6) is -2.06. The highest BCUT2D eigenvalue weighted by molar-refractivity contribution is 6.34. The van der Waals surface area contributed by atoms with Crippen molar-refractivity contribution >= 4 is 17.8 Å². The third-order valence-corrected chi connectivity index (χ3v) is 3.55. The van der Waals surface area contributed by atoms with E-state index in [-0.39, 0.29) is 6.04 Å². The zero-order valence-electron chi connectivity index (χ0n) is 13.5. The third kappa shape index (κ3) is 4.72. The van der Waals surface area contributed by atoms with Crippen LogP contribution < -0.4 is 0 Å². The highest BCUT2D eigenvalue weighted by Gasteiger charge is 2.38. The lowest BCUT2D eigenvalue weighted by atomic mass is 9.89. The second-order valence-electron chi connectivity index (χ2n) is 6.38. The molecule has 6 heteroatoms. The highest BCUT2D eigenvalue weighted by atomic mass is 16.6.